The predicted molar refractivity (Wildman–Crippen MR) is 111 cm³/mol. The minimum absolute atomic E-state index is 0.537. The molecular weight excluding hydrogens is 324 g/mol. The van der Waals surface area contributed by atoms with E-state index >= 15 is 0 Å². The van der Waals surface area contributed by atoms with Crippen LogP contribution in [0.15, 0.2) is 48.5 Å². The maximum Gasteiger partial charge on any atom is 0.121 e. The van der Waals surface area contributed by atoms with E-state index in [-0.39, 0.29) is 0 Å². The van der Waals surface area contributed by atoms with Crippen LogP contribution in [-0.4, -0.2) is 26.3 Å². The van der Waals surface area contributed by atoms with Gasteiger partial charge in [0.1, 0.15) is 11.5 Å². The molecule has 0 aromatic heterocycles. The Morgan fingerprint density at radius 3 is 2.27 bits per heavy atom. The van der Waals surface area contributed by atoms with Gasteiger partial charge in [-0.2, -0.15) is 0 Å². The molecule has 0 unspecified atom stereocenters. The van der Waals surface area contributed by atoms with Crippen LogP contribution in [0.3, 0.4) is 0 Å². The zero-order valence-electron chi connectivity index (χ0n) is 16.3. The lowest BCUT2D eigenvalue weighted by atomic mass is 10.2. The Morgan fingerprint density at radius 2 is 1.58 bits per heavy atom. The lowest BCUT2D eigenvalue weighted by molar-refractivity contribution is 0.271. The summed E-state index contributed by atoms with van der Waals surface area (Å²) in [5.74, 6) is 2.38. The van der Waals surface area contributed by atoms with Gasteiger partial charge in [0.05, 0.1) is 13.2 Å². The fourth-order valence-electron chi connectivity index (χ4n) is 2.38. The fraction of sp³-hybridized carbons (Fsp3) is 0.455. The highest BCUT2D eigenvalue weighted by atomic mass is 16.5. The Morgan fingerprint density at radius 1 is 0.846 bits per heavy atom. The molecule has 2 aromatic rings. The van der Waals surface area contributed by atoms with Gasteiger partial charge in [-0.3, -0.25) is 0 Å². The van der Waals surface area contributed by atoms with Gasteiger partial charge in [0.15, 0.2) is 0 Å². The predicted octanol–water partition coefficient (Wildman–Crippen LogP) is 5.42. The number of ether oxygens (including phenoxy) is 2. The number of hydrogen-bond donors (Lipinski definition) is 2. The highest BCUT2D eigenvalue weighted by Crippen LogP contribution is 2.18. The second-order valence-corrected chi connectivity index (χ2v) is 6.81. The van der Waals surface area contributed by atoms with Crippen LogP contribution in [-0.2, 0) is 0 Å². The summed E-state index contributed by atoms with van der Waals surface area (Å²) in [6, 6.07) is 16.3. The summed E-state index contributed by atoms with van der Waals surface area (Å²) in [5.41, 5.74) is 2.18. The van der Waals surface area contributed by atoms with E-state index in [2.05, 4.69) is 55.7 Å². The smallest absolute Gasteiger partial charge is 0.121 e. The molecule has 0 aliphatic rings. The molecule has 0 bridgehead atoms. The van der Waals surface area contributed by atoms with E-state index in [9.17, 15) is 0 Å². The first-order chi connectivity index (χ1) is 12.7. The first-order valence-corrected chi connectivity index (χ1v) is 9.61. The van der Waals surface area contributed by atoms with Gasteiger partial charge in [0, 0.05) is 30.5 Å². The van der Waals surface area contributed by atoms with Crippen molar-refractivity contribution in [3.63, 3.8) is 0 Å². The first-order valence-electron chi connectivity index (χ1n) is 9.61. The van der Waals surface area contributed by atoms with E-state index in [0.717, 1.165) is 62.0 Å². The molecule has 0 aliphatic carbocycles. The van der Waals surface area contributed by atoms with E-state index in [4.69, 9.17) is 9.47 Å². The Balaban J connectivity index is 1.69. The van der Waals surface area contributed by atoms with Crippen LogP contribution in [0.5, 0.6) is 11.5 Å². The molecule has 26 heavy (non-hydrogen) atoms. The lowest BCUT2D eigenvalue weighted by Gasteiger charge is -2.12. The molecule has 2 N–H and O–H groups in total. The monoisotopic (exact) mass is 356 g/mol. The topological polar surface area (TPSA) is 42.5 Å². The standard InChI is InChI=1S/C22H32N2O2/c1-4-5-15-25-22-8-6-7-20(16-22)24-14-13-23-19-9-11-21(12-10-19)26-17-18(2)3/h6-12,16,18,23-24H,4-5,13-15,17H2,1-3H3. The Labute approximate surface area is 157 Å². The normalized spacial score (nSPS) is 10.6. The molecule has 0 fully saturated rings. The van der Waals surface area contributed by atoms with Crippen LogP contribution in [0.4, 0.5) is 11.4 Å². The summed E-state index contributed by atoms with van der Waals surface area (Å²) in [6.07, 6.45) is 2.23. The van der Waals surface area contributed by atoms with Crippen molar-refractivity contribution in [3.8, 4) is 11.5 Å². The quantitative estimate of drug-likeness (QED) is 0.498. The molecule has 0 amide bonds. The van der Waals surface area contributed by atoms with Crippen molar-refractivity contribution in [2.45, 2.75) is 33.6 Å². The van der Waals surface area contributed by atoms with E-state index in [1.807, 2.05) is 24.3 Å². The highest BCUT2D eigenvalue weighted by Gasteiger charge is 1.99. The molecule has 0 saturated carbocycles. The summed E-state index contributed by atoms with van der Waals surface area (Å²) < 4.78 is 11.4. The number of unbranched alkanes of at least 4 members (excludes halogenated alkanes) is 1. The van der Waals surface area contributed by atoms with E-state index in [0.29, 0.717) is 5.92 Å². The largest absolute Gasteiger partial charge is 0.494 e. The lowest BCUT2D eigenvalue weighted by Crippen LogP contribution is -2.13. The molecule has 0 aliphatic heterocycles. The second kappa shape index (κ2) is 11.3. The number of nitrogens with one attached hydrogen (secondary N) is 2. The van der Waals surface area contributed by atoms with Crippen molar-refractivity contribution in [2.75, 3.05) is 36.9 Å². The molecule has 0 atom stereocenters. The summed E-state index contributed by atoms with van der Waals surface area (Å²) >= 11 is 0. The highest BCUT2D eigenvalue weighted by molar-refractivity contribution is 5.49. The van der Waals surface area contributed by atoms with Gasteiger partial charge in [0.25, 0.3) is 0 Å². The van der Waals surface area contributed by atoms with Crippen LogP contribution in [0.1, 0.15) is 33.6 Å². The molecule has 0 saturated heterocycles. The zero-order chi connectivity index (χ0) is 18.6. The number of benzene rings is 2. The molecule has 0 spiro atoms. The van der Waals surface area contributed by atoms with Crippen molar-refractivity contribution in [1.29, 1.82) is 0 Å². The second-order valence-electron chi connectivity index (χ2n) is 6.81. The van der Waals surface area contributed by atoms with Gasteiger partial charge in [-0.1, -0.05) is 33.3 Å². The Bertz CT molecular complexity index is 626. The maximum atomic E-state index is 5.74. The summed E-state index contributed by atoms with van der Waals surface area (Å²) in [5, 5.41) is 6.84. The van der Waals surface area contributed by atoms with Crippen LogP contribution < -0.4 is 20.1 Å². The van der Waals surface area contributed by atoms with Crippen LogP contribution in [0.25, 0.3) is 0 Å². The molecule has 0 radical (unpaired) electrons. The third-order valence-corrected chi connectivity index (χ3v) is 3.82. The molecule has 4 heteroatoms. The van der Waals surface area contributed by atoms with Gasteiger partial charge in [-0.15, -0.1) is 0 Å². The zero-order valence-corrected chi connectivity index (χ0v) is 16.3. The summed E-state index contributed by atoms with van der Waals surface area (Å²) in [6.45, 7) is 9.67. The fourth-order valence-corrected chi connectivity index (χ4v) is 2.38. The molecule has 2 rings (SSSR count). The molecule has 4 nitrogen and oxygen atoms in total. The van der Waals surface area contributed by atoms with Gasteiger partial charge >= 0.3 is 0 Å². The molecule has 0 heterocycles. The van der Waals surface area contributed by atoms with Crippen molar-refractivity contribution >= 4 is 11.4 Å². The maximum absolute atomic E-state index is 5.74. The Hall–Kier alpha value is -2.36. The first kappa shape index (κ1) is 20.0. The number of rotatable bonds is 12. The molecule has 2 aromatic carbocycles. The van der Waals surface area contributed by atoms with Crippen LogP contribution in [0.2, 0.25) is 0 Å². The van der Waals surface area contributed by atoms with Crippen molar-refractivity contribution in [3.05, 3.63) is 48.5 Å². The van der Waals surface area contributed by atoms with E-state index < -0.39 is 0 Å². The van der Waals surface area contributed by atoms with Crippen LogP contribution in [0, 0.1) is 5.92 Å². The van der Waals surface area contributed by atoms with Gasteiger partial charge in [-0.05, 0) is 48.7 Å². The molecule has 142 valence electrons. The number of anilines is 2. The van der Waals surface area contributed by atoms with Gasteiger partial charge in [-0.25, -0.2) is 0 Å². The Kier molecular flexibility index (Phi) is 8.67. The van der Waals surface area contributed by atoms with Crippen molar-refractivity contribution in [1.82, 2.24) is 0 Å². The van der Waals surface area contributed by atoms with E-state index in [1.165, 1.54) is 0 Å². The average molecular weight is 357 g/mol. The van der Waals surface area contributed by atoms with Gasteiger partial charge in [0.2, 0.25) is 0 Å². The SMILES string of the molecule is CCCCOc1cccc(NCCNc2ccc(OCC(C)C)cc2)c1. The molecular formula is C22H32N2O2. The minimum atomic E-state index is 0.537. The third-order valence-electron chi connectivity index (χ3n) is 3.82. The van der Waals surface area contributed by atoms with Crippen molar-refractivity contribution < 1.29 is 9.47 Å². The van der Waals surface area contributed by atoms with Crippen molar-refractivity contribution in [2.24, 2.45) is 5.92 Å². The minimum Gasteiger partial charge on any atom is -0.494 e. The third kappa shape index (κ3) is 7.68. The summed E-state index contributed by atoms with van der Waals surface area (Å²) in [7, 11) is 0. The number of hydrogen-bond acceptors (Lipinski definition) is 4. The van der Waals surface area contributed by atoms with Gasteiger partial charge < -0.3 is 20.1 Å². The van der Waals surface area contributed by atoms with Crippen LogP contribution >= 0.6 is 0 Å². The summed E-state index contributed by atoms with van der Waals surface area (Å²) in [4.78, 5) is 0. The average Bonchev–Trinajstić information content (AvgIpc) is 2.65. The van der Waals surface area contributed by atoms with E-state index in [1.54, 1.807) is 0 Å².